The third-order valence-corrected chi connectivity index (χ3v) is 6.40. The molecule has 3 amide bonds. The monoisotopic (exact) mass is 568 g/mol. The van der Waals surface area contributed by atoms with Gasteiger partial charge in [0.05, 0.1) is 5.69 Å². The zero-order valence-electron chi connectivity index (χ0n) is 19.5. The highest BCUT2D eigenvalue weighted by molar-refractivity contribution is 9.10. The van der Waals surface area contributed by atoms with Crippen LogP contribution in [0.4, 0.5) is 10.5 Å². The number of hydrogen-bond acceptors (Lipinski definition) is 4. The molecule has 9 heteroatoms. The predicted molar refractivity (Wildman–Crippen MR) is 137 cm³/mol. The van der Waals surface area contributed by atoms with E-state index in [0.717, 1.165) is 14.9 Å². The summed E-state index contributed by atoms with van der Waals surface area (Å²) >= 11 is 15.7. The lowest BCUT2D eigenvalue weighted by atomic mass is 9.91. The first-order chi connectivity index (χ1) is 15.8. The quantitative estimate of drug-likeness (QED) is 0.276. The summed E-state index contributed by atoms with van der Waals surface area (Å²) in [5.41, 5.74) is -0.540. The van der Waals surface area contributed by atoms with Crippen LogP contribution in [0.1, 0.15) is 46.1 Å². The van der Waals surface area contributed by atoms with Gasteiger partial charge in [0.15, 0.2) is 0 Å². The number of rotatable bonds is 7. The molecule has 1 saturated heterocycles. The number of carbonyl (C=O) groups excluding carboxylic acids is 3. The van der Waals surface area contributed by atoms with Crippen molar-refractivity contribution in [2.45, 2.75) is 58.1 Å². The van der Waals surface area contributed by atoms with Gasteiger partial charge >= 0.3 is 12.0 Å². The Morgan fingerprint density at radius 3 is 2.21 bits per heavy atom. The predicted octanol–water partition coefficient (Wildman–Crippen LogP) is 6.65. The lowest BCUT2D eigenvalue weighted by molar-refractivity contribution is -0.155. The number of carbonyl (C=O) groups is 3. The fourth-order valence-electron chi connectivity index (χ4n) is 3.96. The number of benzene rings is 2. The molecule has 0 unspecified atom stereocenters. The molecule has 0 spiro atoms. The SMILES string of the molecule is CC(C)(C)OC(=O)CCCN1C(=O)N(c2cc(Cl)cc(Cl)c2)C(=O)[C@@]1(C)Cc1ccc(Br)cc1. The Hall–Kier alpha value is -2.09. The third-order valence-electron chi connectivity index (χ3n) is 5.43. The van der Waals surface area contributed by atoms with Crippen LogP contribution in [0.2, 0.25) is 10.0 Å². The largest absolute Gasteiger partial charge is 0.460 e. The summed E-state index contributed by atoms with van der Waals surface area (Å²) in [6.45, 7) is 7.36. The third kappa shape index (κ3) is 6.12. The molecule has 1 atom stereocenters. The number of amides is 3. The first kappa shape index (κ1) is 26.5. The molecule has 1 aliphatic heterocycles. The highest BCUT2D eigenvalue weighted by Gasteiger charge is 2.54. The summed E-state index contributed by atoms with van der Waals surface area (Å²) in [6.07, 6.45) is 0.794. The van der Waals surface area contributed by atoms with Gasteiger partial charge in [0.2, 0.25) is 0 Å². The van der Waals surface area contributed by atoms with Crippen LogP contribution in [0, 0.1) is 0 Å². The number of esters is 1. The Morgan fingerprint density at radius 2 is 1.65 bits per heavy atom. The van der Waals surface area contributed by atoms with Gasteiger partial charge in [-0.2, -0.15) is 0 Å². The number of halogens is 3. The van der Waals surface area contributed by atoms with Crippen LogP contribution < -0.4 is 4.90 Å². The molecular formula is C25H27BrCl2N2O4. The maximum absolute atomic E-state index is 13.7. The molecule has 34 heavy (non-hydrogen) atoms. The molecule has 1 heterocycles. The first-order valence-corrected chi connectivity index (χ1v) is 12.4. The van der Waals surface area contributed by atoms with Crippen molar-refractivity contribution in [3.05, 3.63) is 62.5 Å². The lowest BCUT2D eigenvalue weighted by Gasteiger charge is -2.32. The van der Waals surface area contributed by atoms with E-state index >= 15 is 0 Å². The van der Waals surface area contributed by atoms with Crippen molar-refractivity contribution in [2.24, 2.45) is 0 Å². The van der Waals surface area contributed by atoms with Gasteiger partial charge < -0.3 is 9.64 Å². The maximum Gasteiger partial charge on any atom is 0.332 e. The van der Waals surface area contributed by atoms with Crippen LogP contribution in [0.5, 0.6) is 0 Å². The van der Waals surface area contributed by atoms with Crippen LogP contribution in [0.15, 0.2) is 46.9 Å². The van der Waals surface area contributed by atoms with Crippen molar-refractivity contribution in [2.75, 3.05) is 11.4 Å². The normalized spacial score (nSPS) is 18.6. The van der Waals surface area contributed by atoms with Gasteiger partial charge in [-0.15, -0.1) is 0 Å². The molecule has 0 aromatic heterocycles. The van der Waals surface area contributed by atoms with Crippen molar-refractivity contribution in [3.63, 3.8) is 0 Å². The summed E-state index contributed by atoms with van der Waals surface area (Å²) < 4.78 is 6.29. The van der Waals surface area contributed by atoms with Crippen LogP contribution in [0.25, 0.3) is 0 Å². The smallest absolute Gasteiger partial charge is 0.332 e. The average molecular weight is 570 g/mol. The molecule has 0 saturated carbocycles. The molecule has 6 nitrogen and oxygen atoms in total. The topological polar surface area (TPSA) is 66.9 Å². The van der Waals surface area contributed by atoms with Crippen LogP contribution in [-0.2, 0) is 20.7 Å². The minimum absolute atomic E-state index is 0.132. The van der Waals surface area contributed by atoms with Gasteiger partial charge in [0.1, 0.15) is 11.1 Å². The van der Waals surface area contributed by atoms with Gasteiger partial charge in [-0.1, -0.05) is 51.3 Å². The van der Waals surface area contributed by atoms with E-state index in [1.807, 2.05) is 24.3 Å². The van der Waals surface area contributed by atoms with Crippen molar-refractivity contribution in [1.82, 2.24) is 4.90 Å². The summed E-state index contributed by atoms with van der Waals surface area (Å²) in [6, 6.07) is 11.7. The lowest BCUT2D eigenvalue weighted by Crippen LogP contribution is -2.49. The molecule has 0 aliphatic carbocycles. The Labute approximate surface area is 218 Å². The molecule has 3 rings (SSSR count). The van der Waals surface area contributed by atoms with E-state index in [9.17, 15) is 14.4 Å². The summed E-state index contributed by atoms with van der Waals surface area (Å²) in [5.74, 6) is -0.727. The second kappa shape index (κ2) is 10.3. The van der Waals surface area contributed by atoms with Crippen molar-refractivity contribution >= 4 is 62.7 Å². The molecule has 0 N–H and O–H groups in total. The number of urea groups is 1. The Morgan fingerprint density at radius 1 is 1.06 bits per heavy atom. The van der Waals surface area contributed by atoms with E-state index in [2.05, 4.69) is 15.9 Å². The molecule has 2 aromatic carbocycles. The average Bonchev–Trinajstić information content (AvgIpc) is 2.88. The zero-order valence-corrected chi connectivity index (χ0v) is 22.6. The minimum atomic E-state index is -1.16. The maximum atomic E-state index is 13.7. The molecular weight excluding hydrogens is 543 g/mol. The van der Waals surface area contributed by atoms with Crippen molar-refractivity contribution in [1.29, 1.82) is 0 Å². The summed E-state index contributed by atoms with van der Waals surface area (Å²) in [7, 11) is 0. The molecule has 1 fully saturated rings. The number of imide groups is 1. The Kier molecular flexibility index (Phi) is 8.00. The molecule has 0 radical (unpaired) electrons. The molecule has 2 aromatic rings. The van der Waals surface area contributed by atoms with Crippen LogP contribution >= 0.6 is 39.1 Å². The molecule has 0 bridgehead atoms. The van der Waals surface area contributed by atoms with Crippen LogP contribution in [0.3, 0.4) is 0 Å². The fourth-order valence-corrected chi connectivity index (χ4v) is 4.74. The Balaban J connectivity index is 1.90. The highest BCUT2D eigenvalue weighted by atomic mass is 79.9. The van der Waals surface area contributed by atoms with Gasteiger partial charge in [-0.25, -0.2) is 9.69 Å². The van der Waals surface area contributed by atoms with Crippen molar-refractivity contribution in [3.8, 4) is 0 Å². The first-order valence-electron chi connectivity index (χ1n) is 10.9. The molecule has 182 valence electrons. The number of anilines is 1. The van der Waals surface area contributed by atoms with E-state index in [4.69, 9.17) is 27.9 Å². The second-order valence-corrected chi connectivity index (χ2v) is 11.3. The summed E-state index contributed by atoms with van der Waals surface area (Å²) in [5, 5.41) is 0.641. The van der Waals surface area contributed by atoms with E-state index in [-0.39, 0.29) is 24.8 Å². The van der Waals surface area contributed by atoms with Gasteiger partial charge in [-0.3, -0.25) is 9.59 Å². The number of hydrogen-bond donors (Lipinski definition) is 0. The van der Waals surface area contributed by atoms with Gasteiger partial charge in [-0.05, 0) is 70.0 Å². The van der Waals surface area contributed by atoms with Gasteiger partial charge in [0.25, 0.3) is 5.91 Å². The Bertz CT molecular complexity index is 1080. The van der Waals surface area contributed by atoms with Gasteiger partial charge in [0, 0.05) is 33.9 Å². The standard InChI is InChI=1S/C25H27BrCl2N2O4/c1-24(2,3)34-21(31)6-5-11-29-23(33)30(20-13-18(27)12-19(28)14-20)22(32)25(29,4)15-16-7-9-17(26)10-8-16/h7-10,12-14H,5-6,11,15H2,1-4H3/t25-/m1/s1. The van der Waals surface area contributed by atoms with Crippen molar-refractivity contribution < 1.29 is 19.1 Å². The van der Waals surface area contributed by atoms with E-state index < -0.39 is 17.2 Å². The van der Waals surface area contributed by atoms with E-state index in [0.29, 0.717) is 28.6 Å². The highest BCUT2D eigenvalue weighted by Crippen LogP contribution is 2.37. The fraction of sp³-hybridized carbons (Fsp3) is 0.400. The zero-order chi connectivity index (χ0) is 25.3. The van der Waals surface area contributed by atoms with E-state index in [1.165, 1.54) is 23.1 Å². The second-order valence-electron chi connectivity index (χ2n) is 9.47. The number of nitrogens with zero attached hydrogens (tertiary/aromatic N) is 2. The minimum Gasteiger partial charge on any atom is -0.460 e. The van der Waals surface area contributed by atoms with Crippen LogP contribution in [-0.4, -0.2) is 40.5 Å². The molecule has 1 aliphatic rings. The summed E-state index contributed by atoms with van der Waals surface area (Å²) in [4.78, 5) is 42.1. The van der Waals surface area contributed by atoms with E-state index in [1.54, 1.807) is 27.7 Å². The number of ether oxygens (including phenoxy) is 1.